The molecule has 1 atom stereocenters. The molecule has 2 rings (SSSR count). The molecular formula is C16H25BrN2. The Morgan fingerprint density at radius 1 is 1.42 bits per heavy atom. The summed E-state index contributed by atoms with van der Waals surface area (Å²) >= 11 is 3.70. The summed E-state index contributed by atoms with van der Waals surface area (Å²) < 4.78 is 1.22. The number of nitrogens with one attached hydrogen (secondary N) is 1. The Morgan fingerprint density at radius 3 is 2.74 bits per heavy atom. The van der Waals surface area contributed by atoms with E-state index in [4.69, 9.17) is 0 Å². The predicted molar refractivity (Wildman–Crippen MR) is 86.7 cm³/mol. The maximum Gasteiger partial charge on any atom is 0.0375 e. The Kier molecular flexibility index (Phi) is 5.28. The van der Waals surface area contributed by atoms with E-state index >= 15 is 0 Å². The maximum absolute atomic E-state index is 3.70. The molecule has 0 aliphatic heterocycles. The fourth-order valence-electron chi connectivity index (χ4n) is 2.16. The highest BCUT2D eigenvalue weighted by Crippen LogP contribution is 2.26. The highest BCUT2D eigenvalue weighted by molar-refractivity contribution is 9.10. The molecule has 106 valence electrons. The van der Waals surface area contributed by atoms with Gasteiger partial charge in [-0.3, -0.25) is 0 Å². The average Bonchev–Trinajstić information content (AvgIpc) is 3.21. The first-order valence-electron chi connectivity index (χ1n) is 7.33. The van der Waals surface area contributed by atoms with Crippen LogP contribution in [0.25, 0.3) is 0 Å². The predicted octanol–water partition coefficient (Wildman–Crippen LogP) is 4.18. The van der Waals surface area contributed by atoms with Gasteiger partial charge < -0.3 is 10.2 Å². The molecule has 0 spiro atoms. The van der Waals surface area contributed by atoms with Gasteiger partial charge in [0.25, 0.3) is 0 Å². The van der Waals surface area contributed by atoms with E-state index in [1.807, 2.05) is 0 Å². The second-order valence-electron chi connectivity index (χ2n) is 5.82. The van der Waals surface area contributed by atoms with Crippen LogP contribution in [0.4, 0.5) is 5.69 Å². The largest absolute Gasteiger partial charge is 0.374 e. The Morgan fingerprint density at radius 2 is 2.16 bits per heavy atom. The lowest BCUT2D eigenvalue weighted by molar-refractivity contribution is 0.560. The van der Waals surface area contributed by atoms with E-state index < -0.39 is 0 Å². The van der Waals surface area contributed by atoms with Crippen LogP contribution in [0.15, 0.2) is 22.7 Å². The topological polar surface area (TPSA) is 15.3 Å². The third kappa shape index (κ3) is 4.50. The summed E-state index contributed by atoms with van der Waals surface area (Å²) in [6.07, 6.45) is 3.91. The van der Waals surface area contributed by atoms with E-state index in [9.17, 15) is 0 Å². The molecule has 1 saturated carbocycles. The first-order valence-corrected chi connectivity index (χ1v) is 8.12. The lowest BCUT2D eigenvalue weighted by Gasteiger charge is -2.23. The smallest absolute Gasteiger partial charge is 0.0375 e. The summed E-state index contributed by atoms with van der Waals surface area (Å²) in [6, 6.07) is 7.48. The maximum atomic E-state index is 3.70. The number of benzene rings is 1. The van der Waals surface area contributed by atoms with Crippen LogP contribution >= 0.6 is 15.9 Å². The Hall–Kier alpha value is -0.540. The van der Waals surface area contributed by atoms with Gasteiger partial charge in [0, 0.05) is 36.3 Å². The lowest BCUT2D eigenvalue weighted by Crippen LogP contribution is -2.23. The molecule has 1 aliphatic rings. The molecule has 0 radical (unpaired) electrons. The quantitative estimate of drug-likeness (QED) is 0.809. The molecule has 1 aromatic carbocycles. The van der Waals surface area contributed by atoms with Crippen LogP contribution in [0.5, 0.6) is 0 Å². The van der Waals surface area contributed by atoms with Gasteiger partial charge in [-0.1, -0.05) is 42.3 Å². The second-order valence-corrected chi connectivity index (χ2v) is 6.68. The number of halogens is 1. The van der Waals surface area contributed by atoms with E-state index in [0.717, 1.165) is 25.0 Å². The van der Waals surface area contributed by atoms with Crippen molar-refractivity contribution in [1.82, 2.24) is 5.32 Å². The second kappa shape index (κ2) is 6.76. The fraction of sp³-hybridized carbons (Fsp3) is 0.625. The van der Waals surface area contributed by atoms with Gasteiger partial charge in [0.15, 0.2) is 0 Å². The van der Waals surface area contributed by atoms with E-state index in [-0.39, 0.29) is 0 Å². The SMILES string of the molecule is CCC(C)CN(C)c1ccc(CNC2CC2)c(Br)c1. The average molecular weight is 325 g/mol. The van der Waals surface area contributed by atoms with Crippen LogP contribution in [-0.4, -0.2) is 19.6 Å². The van der Waals surface area contributed by atoms with Crippen molar-refractivity contribution in [2.24, 2.45) is 5.92 Å². The Balaban J connectivity index is 1.96. The first kappa shape index (κ1) is 14.9. The fourth-order valence-corrected chi connectivity index (χ4v) is 2.67. The van der Waals surface area contributed by atoms with Crippen molar-refractivity contribution in [3.63, 3.8) is 0 Å². The minimum absolute atomic E-state index is 0.736. The molecule has 0 amide bonds. The molecule has 0 bridgehead atoms. The van der Waals surface area contributed by atoms with Crippen LogP contribution < -0.4 is 10.2 Å². The Labute approximate surface area is 125 Å². The zero-order valence-electron chi connectivity index (χ0n) is 12.2. The normalized spacial score (nSPS) is 16.4. The minimum atomic E-state index is 0.736. The summed E-state index contributed by atoms with van der Waals surface area (Å²) in [6.45, 7) is 6.64. The zero-order chi connectivity index (χ0) is 13.8. The number of nitrogens with zero attached hydrogens (tertiary/aromatic N) is 1. The molecular weight excluding hydrogens is 300 g/mol. The summed E-state index contributed by atoms with van der Waals surface area (Å²) in [5.74, 6) is 0.736. The zero-order valence-corrected chi connectivity index (χ0v) is 13.8. The van der Waals surface area contributed by atoms with Gasteiger partial charge in [0.1, 0.15) is 0 Å². The first-order chi connectivity index (χ1) is 9.10. The third-order valence-corrected chi connectivity index (χ3v) is 4.66. The number of hydrogen-bond acceptors (Lipinski definition) is 2. The van der Waals surface area contributed by atoms with Gasteiger partial charge in [0.05, 0.1) is 0 Å². The molecule has 1 N–H and O–H groups in total. The monoisotopic (exact) mass is 324 g/mol. The third-order valence-electron chi connectivity index (χ3n) is 3.92. The van der Waals surface area contributed by atoms with Gasteiger partial charge in [-0.05, 0) is 36.5 Å². The van der Waals surface area contributed by atoms with Crippen molar-refractivity contribution in [2.45, 2.75) is 45.7 Å². The van der Waals surface area contributed by atoms with Crippen LogP contribution in [-0.2, 0) is 6.54 Å². The summed E-state index contributed by atoms with van der Waals surface area (Å²) in [5, 5.41) is 3.56. The molecule has 1 aliphatic carbocycles. The van der Waals surface area contributed by atoms with Gasteiger partial charge >= 0.3 is 0 Å². The molecule has 1 unspecified atom stereocenters. The van der Waals surface area contributed by atoms with E-state index in [1.165, 1.54) is 35.0 Å². The minimum Gasteiger partial charge on any atom is -0.374 e. The number of hydrogen-bond donors (Lipinski definition) is 1. The molecule has 0 saturated heterocycles. The van der Waals surface area contributed by atoms with Crippen LogP contribution in [0.2, 0.25) is 0 Å². The summed E-state index contributed by atoms with van der Waals surface area (Å²) in [5.41, 5.74) is 2.65. The van der Waals surface area contributed by atoms with Gasteiger partial charge in [-0.15, -0.1) is 0 Å². The Bertz CT molecular complexity index is 415. The molecule has 0 heterocycles. The van der Waals surface area contributed by atoms with Crippen molar-refractivity contribution in [1.29, 1.82) is 0 Å². The van der Waals surface area contributed by atoms with E-state index in [1.54, 1.807) is 0 Å². The van der Waals surface area contributed by atoms with Crippen molar-refractivity contribution < 1.29 is 0 Å². The van der Waals surface area contributed by atoms with E-state index in [2.05, 4.69) is 65.2 Å². The molecule has 2 nitrogen and oxygen atoms in total. The lowest BCUT2D eigenvalue weighted by atomic mass is 10.1. The molecule has 1 aromatic rings. The highest BCUT2D eigenvalue weighted by atomic mass is 79.9. The van der Waals surface area contributed by atoms with Crippen molar-refractivity contribution in [3.8, 4) is 0 Å². The summed E-state index contributed by atoms with van der Waals surface area (Å²) in [7, 11) is 2.18. The molecule has 19 heavy (non-hydrogen) atoms. The van der Waals surface area contributed by atoms with Crippen molar-refractivity contribution >= 4 is 21.6 Å². The van der Waals surface area contributed by atoms with Crippen molar-refractivity contribution in [3.05, 3.63) is 28.2 Å². The number of anilines is 1. The highest BCUT2D eigenvalue weighted by Gasteiger charge is 2.20. The molecule has 3 heteroatoms. The number of rotatable bonds is 7. The van der Waals surface area contributed by atoms with E-state index in [0.29, 0.717) is 0 Å². The summed E-state index contributed by atoms with van der Waals surface area (Å²) in [4.78, 5) is 2.34. The van der Waals surface area contributed by atoms with Crippen LogP contribution in [0.1, 0.15) is 38.7 Å². The molecule has 0 aromatic heterocycles. The van der Waals surface area contributed by atoms with Crippen LogP contribution in [0.3, 0.4) is 0 Å². The molecule has 1 fully saturated rings. The standard InChI is InChI=1S/C16H25BrN2/c1-4-12(2)11-19(3)15-8-5-13(16(17)9-15)10-18-14-6-7-14/h5,8-9,12,14,18H,4,6-7,10-11H2,1-3H3. The van der Waals surface area contributed by atoms with Gasteiger partial charge in [-0.25, -0.2) is 0 Å². The van der Waals surface area contributed by atoms with Crippen molar-refractivity contribution in [2.75, 3.05) is 18.5 Å². The van der Waals surface area contributed by atoms with Gasteiger partial charge in [0.2, 0.25) is 0 Å². The van der Waals surface area contributed by atoms with Gasteiger partial charge in [-0.2, -0.15) is 0 Å². The van der Waals surface area contributed by atoms with Crippen LogP contribution in [0, 0.1) is 5.92 Å².